The fourth-order valence-corrected chi connectivity index (χ4v) is 9.00. The van der Waals surface area contributed by atoms with Crippen LogP contribution in [0.15, 0.2) is 73.3 Å². The lowest BCUT2D eigenvalue weighted by Gasteiger charge is -2.32. The maximum atomic E-state index is 14.5. The van der Waals surface area contributed by atoms with Crippen molar-refractivity contribution in [1.29, 1.82) is 0 Å². The highest BCUT2D eigenvalue weighted by Crippen LogP contribution is 2.15. The largest absolute Gasteiger partial charge is 0.445 e. The topological polar surface area (TPSA) is 299 Å². The molecule has 2 aromatic carbocycles. The maximum absolute atomic E-state index is 14.5. The Morgan fingerprint density at radius 1 is 0.564 bits per heavy atom. The first-order valence-corrected chi connectivity index (χ1v) is 27.9. The van der Waals surface area contributed by atoms with E-state index in [1.165, 1.54) is 25.7 Å². The van der Waals surface area contributed by atoms with Gasteiger partial charge in [0, 0.05) is 63.6 Å². The van der Waals surface area contributed by atoms with Gasteiger partial charge in [0.1, 0.15) is 13.2 Å². The van der Waals surface area contributed by atoms with Gasteiger partial charge in [-0.2, -0.15) is 0 Å². The fraction of sp³-hybridized carbons (Fsp3) is 0.621. The summed E-state index contributed by atoms with van der Waals surface area (Å²) < 4.78 is 5.33. The zero-order valence-electron chi connectivity index (χ0n) is 47.6. The van der Waals surface area contributed by atoms with Gasteiger partial charge in [-0.3, -0.25) is 38.5 Å². The number of benzene rings is 2. The van der Waals surface area contributed by atoms with Crippen LogP contribution >= 0.6 is 0 Å². The highest BCUT2D eigenvalue weighted by molar-refractivity contribution is 5.87. The summed E-state index contributed by atoms with van der Waals surface area (Å²) in [4.78, 5) is 115. The fourth-order valence-electron chi connectivity index (χ4n) is 9.00. The summed E-state index contributed by atoms with van der Waals surface area (Å²) in [5.41, 5.74) is 25.3. The number of amides is 8. The molecule has 0 unspecified atom stereocenters. The molecule has 0 aliphatic carbocycles. The van der Waals surface area contributed by atoms with Gasteiger partial charge in [-0.05, 0) is 86.9 Å². The lowest BCUT2D eigenvalue weighted by Crippen LogP contribution is -2.55. The minimum atomic E-state index is -0.742. The van der Waals surface area contributed by atoms with E-state index in [-0.39, 0.29) is 107 Å². The Morgan fingerprint density at radius 2 is 1.03 bits per heavy atom. The van der Waals surface area contributed by atoms with Crippen LogP contribution in [0, 0.1) is 17.8 Å². The third kappa shape index (κ3) is 30.0. The molecule has 0 saturated carbocycles. The number of carbonyl (C=O) groups excluding carboxylic acids is 8. The summed E-state index contributed by atoms with van der Waals surface area (Å²) in [6.07, 6.45) is 5.82. The third-order valence-electron chi connectivity index (χ3n) is 12.6. The Labute approximate surface area is 464 Å². The van der Waals surface area contributed by atoms with E-state index in [1.807, 2.05) is 102 Å². The van der Waals surface area contributed by atoms with Gasteiger partial charge in [0.2, 0.25) is 41.4 Å². The monoisotopic (exact) mass is 1090 g/mol. The van der Waals surface area contributed by atoms with Gasteiger partial charge in [-0.25, -0.2) is 4.79 Å². The summed E-state index contributed by atoms with van der Waals surface area (Å²) in [6.45, 7) is 14.4. The number of nitrogens with one attached hydrogen (secondary N) is 3. The Hall–Kier alpha value is -6.38. The van der Waals surface area contributed by atoms with E-state index in [0.717, 1.165) is 24.0 Å². The Balaban J connectivity index is 2.53. The average Bonchev–Trinajstić information content (AvgIpc) is 3.36. The van der Waals surface area contributed by atoms with E-state index < -0.39 is 67.0 Å². The van der Waals surface area contributed by atoms with Crippen molar-refractivity contribution in [2.24, 2.45) is 40.7 Å². The molecular formula is C58H95N11O9. The van der Waals surface area contributed by atoms with Crippen LogP contribution in [0.5, 0.6) is 0 Å². The molecule has 2 rings (SSSR count). The molecule has 0 fully saturated rings. The average molecular weight is 1090 g/mol. The molecule has 4 atom stereocenters. The Morgan fingerprint density at radius 3 is 1.54 bits per heavy atom. The van der Waals surface area contributed by atoms with Crippen molar-refractivity contribution in [1.82, 2.24) is 35.6 Å². The summed E-state index contributed by atoms with van der Waals surface area (Å²) in [6, 6.07) is 16.4. The highest BCUT2D eigenvalue weighted by Gasteiger charge is 2.30. The molecule has 11 N–H and O–H groups in total. The second kappa shape index (κ2) is 38.2. The van der Waals surface area contributed by atoms with E-state index in [2.05, 4.69) is 22.5 Å². The van der Waals surface area contributed by atoms with Gasteiger partial charge in [0.25, 0.3) is 0 Å². The van der Waals surface area contributed by atoms with Crippen LogP contribution in [0.3, 0.4) is 0 Å². The van der Waals surface area contributed by atoms with Gasteiger partial charge < -0.3 is 58.3 Å². The molecule has 436 valence electrons. The summed E-state index contributed by atoms with van der Waals surface area (Å²) >= 11 is 0. The lowest BCUT2D eigenvalue weighted by atomic mass is 10.0. The molecular weight excluding hydrogens is 995 g/mol. The molecule has 20 heteroatoms. The number of rotatable bonds is 40. The van der Waals surface area contributed by atoms with E-state index in [0.29, 0.717) is 51.6 Å². The first kappa shape index (κ1) is 67.7. The second-order valence-electron chi connectivity index (χ2n) is 21.7. The van der Waals surface area contributed by atoms with Gasteiger partial charge in [0.15, 0.2) is 0 Å². The molecule has 0 aliphatic heterocycles. The lowest BCUT2D eigenvalue weighted by molar-refractivity contribution is -0.139. The number of nitrogens with two attached hydrogens (primary N) is 4. The second-order valence-corrected chi connectivity index (χ2v) is 21.7. The van der Waals surface area contributed by atoms with Crippen LogP contribution in [0.25, 0.3) is 0 Å². The minimum absolute atomic E-state index is 0.0227. The number of nitrogens with zero attached hydrogens (tertiary/aromatic N) is 4. The van der Waals surface area contributed by atoms with Crippen molar-refractivity contribution in [3.63, 3.8) is 0 Å². The number of hydrogen-bond donors (Lipinski definition) is 7. The Kier molecular flexibility index (Phi) is 33.2. The van der Waals surface area contributed by atoms with Gasteiger partial charge in [0.05, 0.1) is 25.7 Å². The molecule has 0 aromatic heterocycles. The molecule has 0 aliphatic rings. The molecule has 78 heavy (non-hydrogen) atoms. The van der Waals surface area contributed by atoms with Crippen LogP contribution in [-0.4, -0.2) is 163 Å². The summed E-state index contributed by atoms with van der Waals surface area (Å²) in [5, 5.41) is 9.15. The Bertz CT molecular complexity index is 2130. The summed E-state index contributed by atoms with van der Waals surface area (Å²) in [7, 11) is 0. The van der Waals surface area contributed by atoms with E-state index in [9.17, 15) is 38.4 Å². The van der Waals surface area contributed by atoms with E-state index in [1.54, 1.807) is 0 Å². The van der Waals surface area contributed by atoms with Crippen LogP contribution in [0.2, 0.25) is 0 Å². The molecule has 0 saturated heterocycles. The van der Waals surface area contributed by atoms with Crippen LogP contribution in [0.4, 0.5) is 4.79 Å². The predicted octanol–water partition coefficient (Wildman–Crippen LogP) is 3.64. The van der Waals surface area contributed by atoms with Crippen molar-refractivity contribution in [2.75, 3.05) is 72.1 Å². The standard InChI is InChI=1S/C58H95N11O9/c1-8-29-78-58(77)69(34-47(61)23-15-17-27-59)41-54(73)65-50(33-46-21-13-10-14-22-46)37-67(55(74)26-25-45-19-11-9-12-20-45)39-52(71)63-48(24-16-18-28-60)35-68(57(76)32-44(6)7)40-53(72)64-49(30-42(2)3)36-66(38-51(62)70)56(75)31-43(4)5/h8-14,19-22,42-44,47-50H,1,15-18,23-41,59-61H2,2-7H3,(H2,62,70)(H,63,71)(H,64,72)(H,65,73)/t47-,48-,49-,50-/m0/s1. The molecule has 2 aromatic rings. The highest BCUT2D eigenvalue weighted by atomic mass is 16.6. The van der Waals surface area contributed by atoms with Gasteiger partial charge in [-0.15, -0.1) is 0 Å². The first-order chi connectivity index (χ1) is 37.1. The van der Waals surface area contributed by atoms with Crippen LogP contribution in [0.1, 0.15) is 117 Å². The quantitative estimate of drug-likeness (QED) is 0.0372. The molecule has 0 spiro atoms. The normalized spacial score (nSPS) is 12.7. The molecule has 0 bridgehead atoms. The molecule has 20 nitrogen and oxygen atoms in total. The van der Waals surface area contributed by atoms with Crippen molar-refractivity contribution in [3.8, 4) is 0 Å². The van der Waals surface area contributed by atoms with E-state index in [4.69, 9.17) is 27.7 Å². The first-order valence-electron chi connectivity index (χ1n) is 27.9. The summed E-state index contributed by atoms with van der Waals surface area (Å²) in [5.74, 6) is -3.08. The van der Waals surface area contributed by atoms with Crippen molar-refractivity contribution in [2.45, 2.75) is 143 Å². The van der Waals surface area contributed by atoms with Crippen LogP contribution < -0.4 is 38.9 Å². The molecule has 0 heterocycles. The van der Waals surface area contributed by atoms with Crippen LogP contribution in [-0.2, 0) is 51.1 Å². The van der Waals surface area contributed by atoms with E-state index >= 15 is 0 Å². The van der Waals surface area contributed by atoms with Crippen molar-refractivity contribution in [3.05, 3.63) is 84.4 Å². The number of hydrogen-bond acceptors (Lipinski definition) is 12. The molecule has 8 amide bonds. The van der Waals surface area contributed by atoms with Gasteiger partial charge >= 0.3 is 6.09 Å². The number of carbonyl (C=O) groups is 8. The smallest absolute Gasteiger partial charge is 0.410 e. The predicted molar refractivity (Wildman–Crippen MR) is 305 cm³/mol. The minimum Gasteiger partial charge on any atom is -0.445 e. The number of unbranched alkanes of at least 4 members (excludes halogenated alkanes) is 2. The van der Waals surface area contributed by atoms with Crippen molar-refractivity contribution < 1.29 is 43.1 Å². The van der Waals surface area contributed by atoms with Gasteiger partial charge in [-0.1, -0.05) is 128 Å². The van der Waals surface area contributed by atoms with Crippen molar-refractivity contribution >= 4 is 47.4 Å². The third-order valence-corrected chi connectivity index (χ3v) is 12.6. The number of aryl methyl sites for hydroxylation is 1. The number of primary amides is 1. The zero-order chi connectivity index (χ0) is 58.0. The zero-order valence-corrected chi connectivity index (χ0v) is 47.6. The number of ether oxygens (including phenoxy) is 1. The molecule has 0 radical (unpaired) electrons. The SMILES string of the molecule is C=CCOC(=O)N(CC(=O)N[C@@H](Cc1ccccc1)CN(CC(=O)N[C@@H](CCCCN)CN(CC(=O)N[C@@H](CC(C)C)CN(CC(N)=O)C(=O)CC(C)C)C(=O)CC(C)C)C(=O)CCc1ccccc1)C[C@@H](N)CCCCN. The maximum Gasteiger partial charge on any atom is 0.410 e.